The predicted molar refractivity (Wildman–Crippen MR) is 46.7 cm³/mol. The van der Waals surface area contributed by atoms with Gasteiger partial charge in [-0.1, -0.05) is 5.16 Å². The van der Waals surface area contributed by atoms with Crippen LogP contribution in [-0.4, -0.2) is 5.16 Å². The van der Waals surface area contributed by atoms with Gasteiger partial charge in [0.15, 0.2) is 0 Å². The minimum Gasteiger partial charge on any atom is -0.349 e. The average molecular weight is 263 g/mol. The van der Waals surface area contributed by atoms with Crippen LogP contribution in [0.4, 0.5) is 4.39 Å². The molecule has 0 aliphatic rings. The van der Waals surface area contributed by atoms with Crippen LogP contribution in [0.3, 0.4) is 0 Å². The number of halogens is 2. The molecule has 2 rings (SSSR count). The monoisotopic (exact) mass is 263 g/mol. The van der Waals surface area contributed by atoms with Gasteiger partial charge in [0.25, 0.3) is 0 Å². The van der Waals surface area contributed by atoms with Crippen molar-refractivity contribution in [2.45, 2.75) is 0 Å². The molecule has 0 amide bonds. The van der Waals surface area contributed by atoms with Gasteiger partial charge in [-0.15, -0.1) is 0 Å². The van der Waals surface area contributed by atoms with Gasteiger partial charge in [-0.25, -0.2) is 4.39 Å². The van der Waals surface area contributed by atoms with E-state index < -0.39 is 0 Å². The molecule has 0 atom stereocenters. The van der Waals surface area contributed by atoms with Crippen molar-refractivity contribution in [3.8, 4) is 0 Å². The molecule has 0 saturated carbocycles. The number of benzene rings is 1. The Bertz CT molecular complexity index is 398. The third kappa shape index (κ3) is 1.11. The summed E-state index contributed by atoms with van der Waals surface area (Å²) in [6, 6.07) is 4.37. The van der Waals surface area contributed by atoms with Gasteiger partial charge >= 0.3 is 0 Å². The maximum absolute atomic E-state index is 12.6. The number of nitrogens with zero attached hydrogens (tertiary/aromatic N) is 1. The fraction of sp³-hybridized carbons (Fsp3) is 0. The molecule has 1 aromatic heterocycles. The molecule has 0 unspecified atom stereocenters. The standard InChI is InChI=1S/C7H3FINO/c8-4-1-2-6-5(3-4)7(9)11-10-6/h1-3H. The molecule has 0 spiro atoms. The highest BCUT2D eigenvalue weighted by molar-refractivity contribution is 14.1. The van der Waals surface area contributed by atoms with Crippen molar-refractivity contribution >= 4 is 33.5 Å². The molecule has 0 bridgehead atoms. The summed E-state index contributed by atoms with van der Waals surface area (Å²) in [7, 11) is 0. The fourth-order valence-electron chi connectivity index (χ4n) is 0.884. The van der Waals surface area contributed by atoms with E-state index in [1.165, 1.54) is 12.1 Å². The third-order valence-corrected chi connectivity index (χ3v) is 2.17. The van der Waals surface area contributed by atoms with Crippen LogP contribution in [0.5, 0.6) is 0 Å². The van der Waals surface area contributed by atoms with E-state index in [-0.39, 0.29) is 5.82 Å². The maximum atomic E-state index is 12.6. The van der Waals surface area contributed by atoms with E-state index in [0.29, 0.717) is 9.28 Å². The molecule has 4 heteroatoms. The summed E-state index contributed by atoms with van der Waals surface area (Å²) >= 11 is 1.97. The zero-order chi connectivity index (χ0) is 7.84. The number of aromatic nitrogens is 1. The zero-order valence-electron chi connectivity index (χ0n) is 5.34. The quantitative estimate of drug-likeness (QED) is 0.683. The lowest BCUT2D eigenvalue weighted by atomic mass is 10.2. The molecule has 1 heterocycles. The summed E-state index contributed by atoms with van der Waals surface area (Å²) in [5, 5.41) is 4.44. The first-order valence-corrected chi connectivity index (χ1v) is 4.06. The molecule has 0 radical (unpaired) electrons. The lowest BCUT2D eigenvalue weighted by Crippen LogP contribution is -1.72. The molecule has 0 aliphatic carbocycles. The zero-order valence-corrected chi connectivity index (χ0v) is 7.50. The molecule has 2 aromatic rings. The van der Waals surface area contributed by atoms with Gasteiger partial charge in [-0.2, -0.15) is 0 Å². The van der Waals surface area contributed by atoms with Gasteiger partial charge < -0.3 is 4.52 Å². The van der Waals surface area contributed by atoms with Gasteiger partial charge in [0.05, 0.1) is 5.39 Å². The second-order valence-corrected chi connectivity index (χ2v) is 3.10. The van der Waals surface area contributed by atoms with Crippen molar-refractivity contribution in [2.24, 2.45) is 0 Å². The van der Waals surface area contributed by atoms with Crippen molar-refractivity contribution in [3.05, 3.63) is 27.8 Å². The molecule has 0 aliphatic heterocycles. The van der Waals surface area contributed by atoms with Crippen molar-refractivity contribution in [3.63, 3.8) is 0 Å². The van der Waals surface area contributed by atoms with Crippen LogP contribution in [-0.2, 0) is 0 Å². The Morgan fingerprint density at radius 2 is 2.27 bits per heavy atom. The minimum atomic E-state index is -0.265. The summed E-state index contributed by atoms with van der Waals surface area (Å²) < 4.78 is 18.1. The number of fused-ring (bicyclic) bond motifs is 1. The first kappa shape index (κ1) is 7.02. The highest BCUT2D eigenvalue weighted by atomic mass is 127. The number of hydrogen-bond donors (Lipinski definition) is 0. The smallest absolute Gasteiger partial charge is 0.204 e. The molecule has 1 aromatic carbocycles. The highest BCUT2D eigenvalue weighted by Crippen LogP contribution is 2.20. The molecule has 0 saturated heterocycles. The molecule has 11 heavy (non-hydrogen) atoms. The second kappa shape index (κ2) is 2.44. The van der Waals surface area contributed by atoms with E-state index in [0.717, 1.165) is 5.39 Å². The SMILES string of the molecule is Fc1ccc2noc(I)c2c1. The van der Waals surface area contributed by atoms with Crippen LogP contribution in [0.25, 0.3) is 10.9 Å². The van der Waals surface area contributed by atoms with E-state index >= 15 is 0 Å². The Morgan fingerprint density at radius 1 is 1.45 bits per heavy atom. The van der Waals surface area contributed by atoms with Crippen molar-refractivity contribution in [1.29, 1.82) is 0 Å². The highest BCUT2D eigenvalue weighted by Gasteiger charge is 2.04. The topological polar surface area (TPSA) is 26.0 Å². The fourth-order valence-corrected chi connectivity index (χ4v) is 1.41. The number of hydrogen-bond acceptors (Lipinski definition) is 2. The lowest BCUT2D eigenvalue weighted by molar-refractivity contribution is 0.406. The normalized spacial score (nSPS) is 10.7. The van der Waals surface area contributed by atoms with E-state index in [9.17, 15) is 4.39 Å². The van der Waals surface area contributed by atoms with Crippen LogP contribution in [0.15, 0.2) is 22.7 Å². The average Bonchev–Trinajstić information content (AvgIpc) is 2.33. The Kier molecular flexibility index (Phi) is 1.56. The predicted octanol–water partition coefficient (Wildman–Crippen LogP) is 2.57. The van der Waals surface area contributed by atoms with Crippen molar-refractivity contribution in [1.82, 2.24) is 5.16 Å². The molecular formula is C7H3FINO. The molecule has 56 valence electrons. The van der Waals surface area contributed by atoms with Gasteiger partial charge in [-0.3, -0.25) is 0 Å². The van der Waals surface area contributed by atoms with Crippen molar-refractivity contribution in [2.75, 3.05) is 0 Å². The van der Waals surface area contributed by atoms with Gasteiger partial charge in [0.1, 0.15) is 11.3 Å². The lowest BCUT2D eigenvalue weighted by Gasteiger charge is -1.85. The largest absolute Gasteiger partial charge is 0.349 e. The summed E-state index contributed by atoms with van der Waals surface area (Å²) in [6.07, 6.45) is 0. The van der Waals surface area contributed by atoms with E-state index in [1.54, 1.807) is 6.07 Å². The first-order chi connectivity index (χ1) is 5.27. The van der Waals surface area contributed by atoms with Crippen molar-refractivity contribution < 1.29 is 8.91 Å². The van der Waals surface area contributed by atoms with Crippen LogP contribution >= 0.6 is 22.6 Å². The summed E-state index contributed by atoms with van der Waals surface area (Å²) in [6.45, 7) is 0. The van der Waals surface area contributed by atoms with Crippen LogP contribution in [0.1, 0.15) is 0 Å². The molecule has 0 fully saturated rings. The van der Waals surface area contributed by atoms with E-state index in [2.05, 4.69) is 5.16 Å². The molecular weight excluding hydrogens is 260 g/mol. The Balaban J connectivity index is 2.87. The molecule has 0 N–H and O–H groups in total. The minimum absolute atomic E-state index is 0.265. The summed E-state index contributed by atoms with van der Waals surface area (Å²) in [5.41, 5.74) is 0.691. The van der Waals surface area contributed by atoms with E-state index in [1.807, 2.05) is 22.6 Å². The molecule has 2 nitrogen and oxygen atoms in total. The van der Waals surface area contributed by atoms with Crippen LogP contribution in [0.2, 0.25) is 0 Å². The van der Waals surface area contributed by atoms with Crippen LogP contribution < -0.4 is 0 Å². The Labute approximate surface area is 75.5 Å². The van der Waals surface area contributed by atoms with E-state index in [4.69, 9.17) is 4.52 Å². The third-order valence-electron chi connectivity index (χ3n) is 1.39. The summed E-state index contributed by atoms with van der Waals surface area (Å²) in [4.78, 5) is 0. The van der Waals surface area contributed by atoms with Gasteiger partial charge in [0.2, 0.25) is 3.77 Å². The van der Waals surface area contributed by atoms with Crippen LogP contribution in [0, 0.1) is 9.58 Å². The Morgan fingerprint density at radius 3 is 3.09 bits per heavy atom. The summed E-state index contributed by atoms with van der Waals surface area (Å²) in [5.74, 6) is -0.265. The maximum Gasteiger partial charge on any atom is 0.204 e. The van der Waals surface area contributed by atoms with Gasteiger partial charge in [0, 0.05) is 22.6 Å². The number of rotatable bonds is 0. The Hall–Kier alpha value is -0.650. The second-order valence-electron chi connectivity index (χ2n) is 2.12. The van der Waals surface area contributed by atoms with Gasteiger partial charge in [-0.05, 0) is 18.2 Å². The first-order valence-electron chi connectivity index (χ1n) is 2.98.